The molecule has 0 unspecified atom stereocenters. The molecule has 7 heteroatoms. The van der Waals surface area contributed by atoms with E-state index >= 15 is 0 Å². The Hall–Kier alpha value is -2.80. The molecule has 2 aromatic rings. The topological polar surface area (TPSA) is 79.1 Å². The fourth-order valence-electron chi connectivity index (χ4n) is 2.39. The highest BCUT2D eigenvalue weighted by Gasteiger charge is 2.44. The van der Waals surface area contributed by atoms with Crippen molar-refractivity contribution < 1.29 is 14.2 Å². The molecule has 6 nitrogen and oxygen atoms in total. The average Bonchev–Trinajstić information content (AvgIpc) is 3.38. The number of aliphatic hydroxyl groups excluding tert-OH is 1. The highest BCUT2D eigenvalue weighted by molar-refractivity contribution is 5.95. The van der Waals surface area contributed by atoms with Crippen LogP contribution in [0, 0.1) is 0 Å². The number of benzene rings is 1. The van der Waals surface area contributed by atoms with E-state index < -0.39 is 5.67 Å². The number of fused-ring (bicyclic) bond motifs is 1. The van der Waals surface area contributed by atoms with Gasteiger partial charge in [0.15, 0.2) is 0 Å². The molecule has 0 radical (unpaired) electrons. The molecule has 26 heavy (non-hydrogen) atoms. The molecule has 2 N–H and O–H groups in total. The highest BCUT2D eigenvalue weighted by atomic mass is 19.1. The largest absolute Gasteiger partial charge is 0.490 e. The number of aliphatic hydroxyl groups is 1. The van der Waals surface area contributed by atoms with Crippen molar-refractivity contribution >= 4 is 29.5 Å². The van der Waals surface area contributed by atoms with E-state index in [1.54, 1.807) is 18.5 Å². The first kappa shape index (κ1) is 18.0. The average molecular weight is 356 g/mol. The molecule has 0 bridgehead atoms. The van der Waals surface area contributed by atoms with Gasteiger partial charge in [-0.25, -0.2) is 9.37 Å². The van der Waals surface area contributed by atoms with Gasteiger partial charge < -0.3 is 15.2 Å². The number of pyridine rings is 1. The Labute approximate surface area is 151 Å². The Morgan fingerprint density at radius 2 is 2.27 bits per heavy atom. The summed E-state index contributed by atoms with van der Waals surface area (Å²) in [7, 11) is 0. The Kier molecular flexibility index (Phi) is 5.58. The number of ether oxygens (including phenoxy) is 1. The lowest BCUT2D eigenvalue weighted by atomic mass is 10.1. The van der Waals surface area contributed by atoms with Crippen molar-refractivity contribution in [3.63, 3.8) is 0 Å². The maximum absolute atomic E-state index is 13.7. The third kappa shape index (κ3) is 4.64. The fraction of sp³-hybridized carbons (Fsp3) is 0.316. The Morgan fingerprint density at radius 3 is 3.00 bits per heavy atom. The molecular weight excluding hydrogens is 335 g/mol. The van der Waals surface area contributed by atoms with E-state index in [0.29, 0.717) is 36.7 Å². The SMILES string of the molecule is C=N/C=C(\C=NCCO)Nc1nccc2cc(OCC3(F)CC3)ccc12. The van der Waals surface area contributed by atoms with E-state index in [-0.39, 0.29) is 13.2 Å². The number of hydrogen-bond acceptors (Lipinski definition) is 6. The van der Waals surface area contributed by atoms with Gasteiger partial charge in [-0.3, -0.25) is 9.98 Å². The van der Waals surface area contributed by atoms with Gasteiger partial charge in [0.1, 0.15) is 23.8 Å². The summed E-state index contributed by atoms with van der Waals surface area (Å²) in [5.41, 5.74) is -0.549. The highest BCUT2D eigenvalue weighted by Crippen LogP contribution is 2.40. The first-order valence-electron chi connectivity index (χ1n) is 8.38. The molecule has 0 aliphatic heterocycles. The smallest absolute Gasteiger partial charge is 0.145 e. The van der Waals surface area contributed by atoms with Crippen LogP contribution < -0.4 is 10.1 Å². The van der Waals surface area contributed by atoms with Crippen molar-refractivity contribution in [3.8, 4) is 5.75 Å². The summed E-state index contributed by atoms with van der Waals surface area (Å²) in [4.78, 5) is 12.2. The third-order valence-electron chi connectivity index (χ3n) is 3.98. The molecule has 0 saturated heterocycles. The molecule has 1 aromatic heterocycles. The molecule has 1 fully saturated rings. The Bertz CT molecular complexity index is 847. The van der Waals surface area contributed by atoms with Gasteiger partial charge in [0.05, 0.1) is 25.0 Å². The zero-order valence-corrected chi connectivity index (χ0v) is 14.4. The van der Waals surface area contributed by atoms with Gasteiger partial charge in [0, 0.05) is 17.8 Å². The van der Waals surface area contributed by atoms with Gasteiger partial charge in [-0.1, -0.05) is 0 Å². The van der Waals surface area contributed by atoms with Crippen LogP contribution in [-0.4, -0.2) is 48.4 Å². The van der Waals surface area contributed by atoms with E-state index in [9.17, 15) is 4.39 Å². The molecule has 1 aromatic carbocycles. The normalized spacial score (nSPS) is 16.0. The van der Waals surface area contributed by atoms with Crippen LogP contribution in [0.1, 0.15) is 12.8 Å². The van der Waals surface area contributed by atoms with Crippen LogP contribution in [0.25, 0.3) is 10.8 Å². The zero-order valence-electron chi connectivity index (χ0n) is 14.4. The molecule has 1 aliphatic rings. The van der Waals surface area contributed by atoms with Crippen molar-refractivity contribution in [2.75, 3.05) is 25.1 Å². The van der Waals surface area contributed by atoms with Crippen molar-refractivity contribution in [2.24, 2.45) is 9.98 Å². The van der Waals surface area contributed by atoms with Crippen molar-refractivity contribution in [3.05, 3.63) is 42.4 Å². The summed E-state index contributed by atoms with van der Waals surface area (Å²) in [6, 6.07) is 7.41. The minimum Gasteiger partial charge on any atom is -0.490 e. The van der Waals surface area contributed by atoms with Crippen LogP contribution in [-0.2, 0) is 0 Å². The van der Waals surface area contributed by atoms with Crippen molar-refractivity contribution in [1.82, 2.24) is 4.98 Å². The van der Waals surface area contributed by atoms with E-state index in [1.807, 2.05) is 18.2 Å². The van der Waals surface area contributed by atoms with Gasteiger partial charge in [-0.05, 0) is 49.2 Å². The first-order valence-corrected chi connectivity index (χ1v) is 8.38. The summed E-state index contributed by atoms with van der Waals surface area (Å²) in [5, 5.41) is 13.8. The summed E-state index contributed by atoms with van der Waals surface area (Å²) in [6.07, 6.45) is 5.91. The molecule has 1 aliphatic carbocycles. The van der Waals surface area contributed by atoms with Crippen molar-refractivity contribution in [2.45, 2.75) is 18.5 Å². The number of aliphatic imine (C=N–C) groups is 2. The van der Waals surface area contributed by atoms with E-state index in [4.69, 9.17) is 9.84 Å². The number of alkyl halides is 1. The minimum atomic E-state index is -1.15. The number of allylic oxidation sites excluding steroid dienone is 1. The van der Waals surface area contributed by atoms with Crippen LogP contribution in [0.3, 0.4) is 0 Å². The number of nitrogens with one attached hydrogen (secondary N) is 1. The molecule has 136 valence electrons. The standard InChI is InChI=1S/C19H21FN4O2/c1-21-11-15(12-22-8-9-25)24-18-17-3-2-16(10-14(17)4-7-23-18)26-13-19(20)5-6-19/h2-4,7,10-12,25H,1,5-6,8-9,13H2,(H,23,24)/b15-11+,22-12?. The van der Waals surface area contributed by atoms with Crippen LogP contribution in [0.15, 0.2) is 52.3 Å². The van der Waals surface area contributed by atoms with Crippen LogP contribution in [0.5, 0.6) is 5.75 Å². The lowest BCUT2D eigenvalue weighted by molar-refractivity contribution is 0.178. The van der Waals surface area contributed by atoms with Crippen LogP contribution in [0.4, 0.5) is 10.2 Å². The molecule has 3 rings (SSSR count). The number of hydrogen-bond donors (Lipinski definition) is 2. The third-order valence-corrected chi connectivity index (χ3v) is 3.98. The number of aromatic nitrogens is 1. The summed E-state index contributed by atoms with van der Waals surface area (Å²) in [5.74, 6) is 1.26. The molecule has 1 heterocycles. The van der Waals surface area contributed by atoms with Gasteiger partial charge in [-0.2, -0.15) is 0 Å². The van der Waals surface area contributed by atoms with Crippen molar-refractivity contribution in [1.29, 1.82) is 0 Å². The number of rotatable bonds is 9. The first-order chi connectivity index (χ1) is 12.6. The maximum Gasteiger partial charge on any atom is 0.145 e. The minimum absolute atomic E-state index is 0.0270. The van der Waals surface area contributed by atoms with Gasteiger partial charge >= 0.3 is 0 Å². The maximum atomic E-state index is 13.7. The predicted octanol–water partition coefficient (Wildman–Crippen LogP) is 3.13. The lowest BCUT2D eigenvalue weighted by Crippen LogP contribution is -2.13. The van der Waals surface area contributed by atoms with Gasteiger partial charge in [-0.15, -0.1) is 0 Å². The molecule has 0 atom stereocenters. The Morgan fingerprint density at radius 1 is 1.42 bits per heavy atom. The fourth-order valence-corrected chi connectivity index (χ4v) is 2.39. The van der Waals surface area contributed by atoms with Gasteiger partial charge in [0.2, 0.25) is 0 Å². The van der Waals surface area contributed by atoms with E-state index in [2.05, 4.69) is 27.0 Å². The number of nitrogens with zero attached hydrogens (tertiary/aromatic N) is 3. The van der Waals surface area contributed by atoms with Crippen LogP contribution in [0.2, 0.25) is 0 Å². The summed E-state index contributed by atoms with van der Waals surface area (Å²) < 4.78 is 19.3. The molecule has 0 amide bonds. The summed E-state index contributed by atoms with van der Waals surface area (Å²) in [6.45, 7) is 3.81. The lowest BCUT2D eigenvalue weighted by Gasteiger charge is -2.12. The second kappa shape index (κ2) is 8.05. The van der Waals surface area contributed by atoms with Crippen LogP contribution >= 0.6 is 0 Å². The van der Waals surface area contributed by atoms with E-state index in [0.717, 1.165) is 10.8 Å². The summed E-state index contributed by atoms with van der Waals surface area (Å²) >= 11 is 0. The number of halogens is 1. The molecular formula is C19H21FN4O2. The quantitative estimate of drug-likeness (QED) is 0.677. The second-order valence-electron chi connectivity index (χ2n) is 6.13. The molecule has 1 saturated carbocycles. The monoisotopic (exact) mass is 356 g/mol. The molecule has 0 spiro atoms. The second-order valence-corrected chi connectivity index (χ2v) is 6.13. The zero-order chi connectivity index (χ0) is 18.4. The van der Waals surface area contributed by atoms with E-state index in [1.165, 1.54) is 6.20 Å². The Balaban J connectivity index is 1.79. The number of anilines is 1. The van der Waals surface area contributed by atoms with Gasteiger partial charge in [0.25, 0.3) is 0 Å². The predicted molar refractivity (Wildman–Crippen MR) is 102 cm³/mol.